The molecule has 0 unspecified atom stereocenters. The third-order valence-corrected chi connectivity index (χ3v) is 4.71. The standard InChI is InChI=1S/C19H28N4O2S.HI/c1-19(2,3)16-12-26-17(23-16)11-22-18(20-4)21-10-13-7-8-14(24-5)15(9-13)25-6;/h7-9,12H,10-11H2,1-6H3,(H2,20,21,22);1H. The molecule has 2 rings (SSSR count). The highest BCUT2D eigenvalue weighted by Gasteiger charge is 2.17. The van der Waals surface area contributed by atoms with Gasteiger partial charge in [0.25, 0.3) is 0 Å². The molecule has 1 aromatic heterocycles. The molecule has 0 saturated carbocycles. The first-order valence-corrected chi connectivity index (χ1v) is 9.35. The van der Waals surface area contributed by atoms with Crippen LogP contribution in [0.2, 0.25) is 0 Å². The molecule has 0 aliphatic heterocycles. The SMILES string of the molecule is CN=C(NCc1ccc(OC)c(OC)c1)NCc1nc(C(C)(C)C)cs1.I. The zero-order valence-corrected chi connectivity index (χ0v) is 19.9. The van der Waals surface area contributed by atoms with Crippen molar-refractivity contribution in [1.82, 2.24) is 15.6 Å². The van der Waals surface area contributed by atoms with E-state index in [-0.39, 0.29) is 29.4 Å². The number of aliphatic imine (C=N–C) groups is 1. The number of nitrogens with zero attached hydrogens (tertiary/aromatic N) is 2. The molecule has 0 amide bonds. The quantitative estimate of drug-likeness (QED) is 0.355. The van der Waals surface area contributed by atoms with Gasteiger partial charge >= 0.3 is 0 Å². The van der Waals surface area contributed by atoms with E-state index in [1.54, 1.807) is 32.6 Å². The van der Waals surface area contributed by atoms with Gasteiger partial charge in [-0.3, -0.25) is 4.99 Å². The minimum Gasteiger partial charge on any atom is -0.493 e. The molecule has 0 atom stereocenters. The fourth-order valence-electron chi connectivity index (χ4n) is 2.29. The van der Waals surface area contributed by atoms with Gasteiger partial charge in [-0.2, -0.15) is 0 Å². The summed E-state index contributed by atoms with van der Waals surface area (Å²) in [5, 5.41) is 9.77. The normalized spacial score (nSPS) is 11.6. The number of halogens is 1. The van der Waals surface area contributed by atoms with Gasteiger partial charge in [0.2, 0.25) is 0 Å². The van der Waals surface area contributed by atoms with Crippen LogP contribution in [-0.4, -0.2) is 32.2 Å². The molecular weight excluding hydrogens is 475 g/mol. The number of benzene rings is 1. The van der Waals surface area contributed by atoms with Crippen LogP contribution in [0.4, 0.5) is 0 Å². The molecule has 6 nitrogen and oxygen atoms in total. The predicted molar refractivity (Wildman–Crippen MR) is 123 cm³/mol. The predicted octanol–water partition coefficient (Wildman–Crippen LogP) is 3.94. The maximum Gasteiger partial charge on any atom is 0.191 e. The van der Waals surface area contributed by atoms with Crippen molar-refractivity contribution < 1.29 is 9.47 Å². The van der Waals surface area contributed by atoms with Crippen molar-refractivity contribution in [2.75, 3.05) is 21.3 Å². The van der Waals surface area contributed by atoms with Crippen LogP contribution in [0.3, 0.4) is 0 Å². The summed E-state index contributed by atoms with van der Waals surface area (Å²) >= 11 is 1.67. The third kappa shape index (κ3) is 6.84. The molecule has 0 radical (unpaired) electrons. The molecule has 2 N–H and O–H groups in total. The average Bonchev–Trinajstić information content (AvgIpc) is 3.11. The van der Waals surface area contributed by atoms with E-state index in [2.05, 4.69) is 41.8 Å². The Bertz CT molecular complexity index is 756. The molecule has 0 fully saturated rings. The zero-order valence-electron chi connectivity index (χ0n) is 16.8. The molecule has 0 spiro atoms. The van der Waals surface area contributed by atoms with Crippen LogP contribution in [0, 0.1) is 0 Å². The first-order chi connectivity index (χ1) is 12.4. The summed E-state index contributed by atoms with van der Waals surface area (Å²) in [7, 11) is 5.02. The molecule has 27 heavy (non-hydrogen) atoms. The van der Waals surface area contributed by atoms with Crippen LogP contribution in [0.5, 0.6) is 11.5 Å². The number of aromatic nitrogens is 1. The Hall–Kier alpha value is -1.55. The highest BCUT2D eigenvalue weighted by atomic mass is 127. The molecule has 150 valence electrons. The monoisotopic (exact) mass is 504 g/mol. The van der Waals surface area contributed by atoms with Crippen LogP contribution in [0.25, 0.3) is 0 Å². The summed E-state index contributed by atoms with van der Waals surface area (Å²) in [5.74, 6) is 2.16. The number of hydrogen-bond donors (Lipinski definition) is 2. The van der Waals surface area contributed by atoms with E-state index in [0.29, 0.717) is 18.8 Å². The van der Waals surface area contributed by atoms with Crippen molar-refractivity contribution in [3.63, 3.8) is 0 Å². The van der Waals surface area contributed by atoms with Crippen LogP contribution in [-0.2, 0) is 18.5 Å². The molecule has 0 aliphatic carbocycles. The second-order valence-corrected chi connectivity index (χ2v) is 7.79. The van der Waals surface area contributed by atoms with E-state index in [4.69, 9.17) is 14.5 Å². The number of nitrogens with one attached hydrogen (secondary N) is 2. The van der Waals surface area contributed by atoms with E-state index in [9.17, 15) is 0 Å². The maximum atomic E-state index is 5.34. The Morgan fingerprint density at radius 2 is 1.78 bits per heavy atom. The fourth-order valence-corrected chi connectivity index (χ4v) is 3.25. The topological polar surface area (TPSA) is 67.8 Å². The molecule has 0 saturated heterocycles. The highest BCUT2D eigenvalue weighted by molar-refractivity contribution is 14.0. The summed E-state index contributed by atoms with van der Waals surface area (Å²) in [6, 6.07) is 5.85. The van der Waals surface area contributed by atoms with Crippen molar-refractivity contribution in [2.45, 2.75) is 39.3 Å². The van der Waals surface area contributed by atoms with Gasteiger partial charge in [0.15, 0.2) is 17.5 Å². The molecule has 1 heterocycles. The lowest BCUT2D eigenvalue weighted by Gasteiger charge is -2.14. The number of ether oxygens (including phenoxy) is 2. The van der Waals surface area contributed by atoms with Crippen molar-refractivity contribution in [2.24, 2.45) is 4.99 Å². The van der Waals surface area contributed by atoms with Gasteiger partial charge in [-0.15, -0.1) is 35.3 Å². The summed E-state index contributed by atoms with van der Waals surface area (Å²) in [6.07, 6.45) is 0. The second-order valence-electron chi connectivity index (χ2n) is 6.85. The Morgan fingerprint density at radius 3 is 2.33 bits per heavy atom. The van der Waals surface area contributed by atoms with Crippen molar-refractivity contribution in [3.05, 3.63) is 39.8 Å². The molecule has 0 aliphatic rings. The summed E-state index contributed by atoms with van der Waals surface area (Å²) in [6.45, 7) is 7.78. The summed E-state index contributed by atoms with van der Waals surface area (Å²) < 4.78 is 10.6. The van der Waals surface area contributed by atoms with Gasteiger partial charge < -0.3 is 20.1 Å². The smallest absolute Gasteiger partial charge is 0.191 e. The lowest BCUT2D eigenvalue weighted by atomic mass is 9.93. The van der Waals surface area contributed by atoms with Gasteiger partial charge in [-0.25, -0.2) is 4.98 Å². The maximum absolute atomic E-state index is 5.34. The van der Waals surface area contributed by atoms with Gasteiger partial charge in [0, 0.05) is 24.4 Å². The zero-order chi connectivity index (χ0) is 19.2. The number of methoxy groups -OCH3 is 2. The highest BCUT2D eigenvalue weighted by Crippen LogP contribution is 2.27. The first kappa shape index (κ1) is 23.5. The summed E-state index contributed by atoms with van der Waals surface area (Å²) in [4.78, 5) is 8.96. The number of guanidine groups is 1. The van der Waals surface area contributed by atoms with E-state index in [1.165, 1.54) is 0 Å². The van der Waals surface area contributed by atoms with Crippen LogP contribution in [0.15, 0.2) is 28.6 Å². The van der Waals surface area contributed by atoms with E-state index < -0.39 is 0 Å². The van der Waals surface area contributed by atoms with Crippen LogP contribution < -0.4 is 20.1 Å². The minimum atomic E-state index is 0. The third-order valence-electron chi connectivity index (χ3n) is 3.86. The van der Waals surface area contributed by atoms with Gasteiger partial charge in [-0.1, -0.05) is 26.8 Å². The van der Waals surface area contributed by atoms with Gasteiger partial charge in [-0.05, 0) is 17.7 Å². The number of hydrogen-bond acceptors (Lipinski definition) is 5. The van der Waals surface area contributed by atoms with Crippen molar-refractivity contribution >= 4 is 41.3 Å². The van der Waals surface area contributed by atoms with E-state index in [1.807, 2.05) is 18.2 Å². The molecule has 1 aromatic carbocycles. The van der Waals surface area contributed by atoms with Gasteiger partial charge in [0.05, 0.1) is 26.5 Å². The largest absolute Gasteiger partial charge is 0.493 e. The van der Waals surface area contributed by atoms with Crippen molar-refractivity contribution in [1.29, 1.82) is 0 Å². The molecule has 0 bridgehead atoms. The second kappa shape index (κ2) is 10.7. The lowest BCUT2D eigenvalue weighted by Crippen LogP contribution is -2.36. The molecule has 8 heteroatoms. The van der Waals surface area contributed by atoms with E-state index in [0.717, 1.165) is 28.0 Å². The molecular formula is C19H29IN4O2S. The van der Waals surface area contributed by atoms with E-state index >= 15 is 0 Å². The summed E-state index contributed by atoms with van der Waals surface area (Å²) in [5.41, 5.74) is 2.27. The Balaban J connectivity index is 0.00000364. The molecule has 2 aromatic rings. The Labute approximate surface area is 182 Å². The minimum absolute atomic E-state index is 0. The Kier molecular flexibility index (Phi) is 9.31. The first-order valence-electron chi connectivity index (χ1n) is 8.47. The lowest BCUT2D eigenvalue weighted by molar-refractivity contribution is 0.354. The van der Waals surface area contributed by atoms with Crippen LogP contribution >= 0.6 is 35.3 Å². The number of thiazole rings is 1. The Morgan fingerprint density at radius 1 is 1.11 bits per heavy atom. The van der Waals surface area contributed by atoms with Gasteiger partial charge in [0.1, 0.15) is 5.01 Å². The average molecular weight is 504 g/mol. The fraction of sp³-hybridized carbons (Fsp3) is 0.474. The number of rotatable bonds is 6. The van der Waals surface area contributed by atoms with Crippen LogP contribution in [0.1, 0.15) is 37.0 Å². The van der Waals surface area contributed by atoms with Crippen molar-refractivity contribution in [3.8, 4) is 11.5 Å².